The highest BCUT2D eigenvalue weighted by Crippen LogP contribution is 2.23. The molecule has 8 nitrogen and oxygen atoms in total. The number of nitrogens with one attached hydrogen (secondary N) is 2. The Morgan fingerprint density at radius 1 is 1.15 bits per heavy atom. The fourth-order valence-corrected chi connectivity index (χ4v) is 4.37. The van der Waals surface area contributed by atoms with E-state index in [4.69, 9.17) is 10.5 Å². The second-order valence-electron chi connectivity index (χ2n) is 8.56. The number of hydrogen-bond donors (Lipinski definition) is 3. The van der Waals surface area contributed by atoms with E-state index in [0.29, 0.717) is 26.2 Å². The number of piperazine rings is 1. The topological polar surface area (TPSA) is 104 Å². The zero-order valence-corrected chi connectivity index (χ0v) is 19.4. The van der Waals surface area contributed by atoms with Gasteiger partial charge in [-0.2, -0.15) is 0 Å². The number of hydrogen-bond acceptors (Lipinski definition) is 5. The van der Waals surface area contributed by atoms with Crippen LogP contribution >= 0.6 is 0 Å². The molecule has 0 radical (unpaired) electrons. The third kappa shape index (κ3) is 4.96. The van der Waals surface area contributed by atoms with Gasteiger partial charge < -0.3 is 25.7 Å². The van der Waals surface area contributed by atoms with Crippen molar-refractivity contribution < 1.29 is 14.3 Å². The number of primary amides is 1. The Hall–Kier alpha value is -3.52. The van der Waals surface area contributed by atoms with Crippen LogP contribution in [-0.4, -0.2) is 61.0 Å². The molecule has 33 heavy (non-hydrogen) atoms. The van der Waals surface area contributed by atoms with E-state index < -0.39 is 11.9 Å². The Morgan fingerprint density at radius 3 is 2.61 bits per heavy atom. The molecule has 1 aromatic heterocycles. The molecule has 1 aliphatic heterocycles. The van der Waals surface area contributed by atoms with E-state index in [1.807, 2.05) is 41.3 Å². The number of rotatable bonds is 7. The molecule has 4 rings (SSSR count). The van der Waals surface area contributed by atoms with Crippen molar-refractivity contribution in [1.82, 2.24) is 15.2 Å². The normalized spacial score (nSPS) is 16.7. The molecule has 4 N–H and O–H groups in total. The Bertz CT molecular complexity index is 1150. The highest BCUT2D eigenvalue weighted by molar-refractivity contribution is 5.85. The summed E-state index contributed by atoms with van der Waals surface area (Å²) in [4.78, 5) is 32.2. The number of aromatic amines is 1. The third-order valence-corrected chi connectivity index (χ3v) is 6.47. The van der Waals surface area contributed by atoms with Crippen LogP contribution in [0.3, 0.4) is 0 Å². The predicted molar refractivity (Wildman–Crippen MR) is 129 cm³/mol. The molecule has 2 aromatic carbocycles. The maximum atomic E-state index is 12.7. The van der Waals surface area contributed by atoms with Crippen molar-refractivity contribution in [2.75, 3.05) is 38.2 Å². The summed E-state index contributed by atoms with van der Waals surface area (Å²) in [6.45, 7) is 6.43. The van der Waals surface area contributed by atoms with Gasteiger partial charge in [-0.25, -0.2) is 0 Å². The quantitative estimate of drug-likeness (QED) is 0.512. The SMILES string of the molecule is COc1ccc(N2CCN(CC(=O)NCc3ccc4[nH]c(C)c(C)c4c3)[C@H](C(N)=O)C2)cc1. The summed E-state index contributed by atoms with van der Waals surface area (Å²) in [6, 6.07) is 13.3. The van der Waals surface area contributed by atoms with E-state index in [0.717, 1.165) is 28.2 Å². The average Bonchev–Trinajstić information content (AvgIpc) is 3.11. The molecule has 1 saturated heterocycles. The fourth-order valence-electron chi connectivity index (χ4n) is 4.37. The molecule has 0 aliphatic carbocycles. The first kappa shape index (κ1) is 22.7. The number of nitrogens with two attached hydrogens (primary N) is 1. The van der Waals surface area contributed by atoms with Crippen molar-refractivity contribution in [3.8, 4) is 5.75 Å². The zero-order valence-electron chi connectivity index (χ0n) is 19.4. The van der Waals surface area contributed by atoms with Crippen LogP contribution in [0.5, 0.6) is 5.75 Å². The third-order valence-electron chi connectivity index (χ3n) is 6.47. The van der Waals surface area contributed by atoms with Crippen molar-refractivity contribution in [3.63, 3.8) is 0 Å². The van der Waals surface area contributed by atoms with Crippen LogP contribution in [0.25, 0.3) is 10.9 Å². The molecule has 1 aliphatic rings. The van der Waals surface area contributed by atoms with E-state index >= 15 is 0 Å². The number of ether oxygens (including phenoxy) is 1. The molecule has 3 aromatic rings. The van der Waals surface area contributed by atoms with E-state index in [2.05, 4.69) is 35.1 Å². The number of fused-ring (bicyclic) bond motifs is 1. The standard InChI is InChI=1S/C25H31N5O3/c1-16-17(2)28-22-9-4-18(12-21(16)22)13-27-24(31)15-30-11-10-29(14-23(30)25(26)32)19-5-7-20(33-3)8-6-19/h4-9,12,23,28H,10-11,13-15H2,1-3H3,(H2,26,32)(H,27,31)/t23-/m0/s1. The molecular weight excluding hydrogens is 418 g/mol. The van der Waals surface area contributed by atoms with Gasteiger partial charge in [-0.1, -0.05) is 6.07 Å². The van der Waals surface area contributed by atoms with Crippen LogP contribution in [0.4, 0.5) is 5.69 Å². The molecule has 1 fully saturated rings. The lowest BCUT2D eigenvalue weighted by atomic mass is 10.1. The molecule has 0 bridgehead atoms. The number of aryl methyl sites for hydroxylation is 2. The molecule has 0 unspecified atom stereocenters. The Labute approximate surface area is 193 Å². The van der Waals surface area contributed by atoms with E-state index in [1.54, 1.807) is 7.11 Å². The van der Waals surface area contributed by atoms with Crippen molar-refractivity contribution in [1.29, 1.82) is 0 Å². The highest BCUT2D eigenvalue weighted by atomic mass is 16.5. The van der Waals surface area contributed by atoms with Gasteiger partial charge in [0.2, 0.25) is 11.8 Å². The fraction of sp³-hybridized carbons (Fsp3) is 0.360. The van der Waals surface area contributed by atoms with E-state index in [-0.39, 0.29) is 12.5 Å². The highest BCUT2D eigenvalue weighted by Gasteiger charge is 2.32. The summed E-state index contributed by atoms with van der Waals surface area (Å²) in [5, 5.41) is 4.15. The Morgan fingerprint density at radius 2 is 1.91 bits per heavy atom. The largest absolute Gasteiger partial charge is 0.497 e. The number of aromatic nitrogens is 1. The molecule has 8 heteroatoms. The van der Waals surface area contributed by atoms with Crippen molar-refractivity contribution >= 4 is 28.4 Å². The summed E-state index contributed by atoms with van der Waals surface area (Å²) in [5.74, 6) is 0.229. The molecule has 0 saturated carbocycles. The van der Waals surface area contributed by atoms with Gasteiger partial charge in [0, 0.05) is 48.5 Å². The van der Waals surface area contributed by atoms with Gasteiger partial charge in [0.15, 0.2) is 0 Å². The summed E-state index contributed by atoms with van der Waals surface area (Å²) < 4.78 is 5.21. The minimum absolute atomic E-state index is 0.124. The number of carbonyl (C=O) groups is 2. The smallest absolute Gasteiger partial charge is 0.236 e. The van der Waals surface area contributed by atoms with Gasteiger partial charge in [-0.05, 0) is 61.4 Å². The van der Waals surface area contributed by atoms with Crippen LogP contribution in [0.1, 0.15) is 16.8 Å². The average molecular weight is 450 g/mol. The number of H-pyrrole nitrogens is 1. The van der Waals surface area contributed by atoms with Crippen molar-refractivity contribution in [2.45, 2.75) is 26.4 Å². The molecule has 1 atom stereocenters. The Balaban J connectivity index is 1.36. The monoisotopic (exact) mass is 449 g/mol. The van der Waals surface area contributed by atoms with Crippen molar-refractivity contribution in [3.05, 3.63) is 59.3 Å². The summed E-state index contributed by atoms with van der Waals surface area (Å²) in [5.41, 5.74) is 11.2. The number of carbonyl (C=O) groups excluding carboxylic acids is 2. The molecular formula is C25H31N5O3. The predicted octanol–water partition coefficient (Wildman–Crippen LogP) is 2.09. The summed E-state index contributed by atoms with van der Waals surface area (Å²) >= 11 is 0. The number of methoxy groups -OCH3 is 1. The van der Waals surface area contributed by atoms with Gasteiger partial charge in [-0.15, -0.1) is 0 Å². The first-order chi connectivity index (χ1) is 15.9. The first-order valence-electron chi connectivity index (χ1n) is 11.1. The summed E-state index contributed by atoms with van der Waals surface area (Å²) in [7, 11) is 1.63. The summed E-state index contributed by atoms with van der Waals surface area (Å²) in [6.07, 6.45) is 0. The first-order valence-corrected chi connectivity index (χ1v) is 11.1. The van der Waals surface area contributed by atoms with Crippen molar-refractivity contribution in [2.24, 2.45) is 5.73 Å². The van der Waals surface area contributed by atoms with Gasteiger partial charge in [0.25, 0.3) is 0 Å². The lowest BCUT2D eigenvalue weighted by Gasteiger charge is -2.40. The maximum Gasteiger partial charge on any atom is 0.236 e. The maximum absolute atomic E-state index is 12.7. The second-order valence-corrected chi connectivity index (χ2v) is 8.56. The lowest BCUT2D eigenvalue weighted by molar-refractivity contribution is -0.127. The number of amides is 2. The van der Waals surface area contributed by atoms with Crippen LogP contribution in [0.15, 0.2) is 42.5 Å². The molecule has 2 heterocycles. The van der Waals surface area contributed by atoms with Gasteiger partial charge in [0.1, 0.15) is 11.8 Å². The van der Waals surface area contributed by atoms with Crippen LogP contribution in [-0.2, 0) is 16.1 Å². The second kappa shape index (κ2) is 9.54. The van der Waals surface area contributed by atoms with Crippen LogP contribution < -0.4 is 20.7 Å². The minimum atomic E-state index is -0.534. The van der Waals surface area contributed by atoms with E-state index in [1.165, 1.54) is 10.9 Å². The molecule has 0 spiro atoms. The number of nitrogens with zero attached hydrogens (tertiary/aromatic N) is 2. The number of anilines is 1. The number of benzene rings is 2. The molecule has 2 amide bonds. The van der Waals surface area contributed by atoms with Gasteiger partial charge in [0.05, 0.1) is 13.7 Å². The van der Waals surface area contributed by atoms with E-state index in [9.17, 15) is 9.59 Å². The Kier molecular flexibility index (Phi) is 6.55. The lowest BCUT2D eigenvalue weighted by Crippen LogP contribution is -2.60. The minimum Gasteiger partial charge on any atom is -0.497 e. The molecule has 174 valence electrons. The van der Waals surface area contributed by atoms with Gasteiger partial charge >= 0.3 is 0 Å². The van der Waals surface area contributed by atoms with Crippen LogP contribution in [0, 0.1) is 13.8 Å². The van der Waals surface area contributed by atoms with Crippen LogP contribution in [0.2, 0.25) is 0 Å². The zero-order chi connectivity index (χ0) is 23.5. The van der Waals surface area contributed by atoms with Gasteiger partial charge in [-0.3, -0.25) is 14.5 Å².